The summed E-state index contributed by atoms with van der Waals surface area (Å²) < 4.78 is 6.44. The number of aldehydes is 1. The molecule has 0 N–H and O–H groups in total. The van der Waals surface area contributed by atoms with Crippen molar-refractivity contribution in [2.45, 2.75) is 13.0 Å². The van der Waals surface area contributed by atoms with Crippen LogP contribution in [0, 0.1) is 12.3 Å². The molecule has 0 aromatic heterocycles. The van der Waals surface area contributed by atoms with Crippen LogP contribution in [0.3, 0.4) is 0 Å². The number of benzene rings is 1. The van der Waals surface area contributed by atoms with Gasteiger partial charge in [-0.15, -0.1) is 6.42 Å². The molecule has 0 aliphatic carbocycles. The van der Waals surface area contributed by atoms with Crippen LogP contribution in [0.25, 0.3) is 6.08 Å². The van der Waals surface area contributed by atoms with E-state index in [4.69, 9.17) is 11.2 Å². The molecular formula is C13H11BrO2. The van der Waals surface area contributed by atoms with Crippen LogP contribution in [0.1, 0.15) is 12.5 Å². The SMILES string of the molecule is C#CC(C)Oc1cc(Br)ccc1C=CC=O. The molecule has 1 atom stereocenters. The number of hydrogen-bond donors (Lipinski definition) is 0. The Labute approximate surface area is 103 Å². The second-order valence-electron chi connectivity index (χ2n) is 3.10. The number of hydrogen-bond acceptors (Lipinski definition) is 2. The molecule has 0 spiro atoms. The maximum Gasteiger partial charge on any atom is 0.156 e. The quantitative estimate of drug-likeness (QED) is 0.481. The summed E-state index contributed by atoms with van der Waals surface area (Å²) in [6, 6.07) is 5.54. The summed E-state index contributed by atoms with van der Waals surface area (Å²) in [5, 5.41) is 0. The summed E-state index contributed by atoms with van der Waals surface area (Å²) in [4.78, 5) is 10.3. The van der Waals surface area contributed by atoms with E-state index >= 15 is 0 Å². The highest BCUT2D eigenvalue weighted by Gasteiger charge is 2.05. The van der Waals surface area contributed by atoms with Gasteiger partial charge < -0.3 is 4.74 Å². The van der Waals surface area contributed by atoms with Gasteiger partial charge >= 0.3 is 0 Å². The first-order valence-corrected chi connectivity index (χ1v) is 5.51. The van der Waals surface area contributed by atoms with Crippen LogP contribution in [-0.4, -0.2) is 12.4 Å². The Bertz CT molecular complexity index is 444. The maximum absolute atomic E-state index is 10.3. The molecule has 1 aromatic rings. The highest BCUT2D eigenvalue weighted by molar-refractivity contribution is 9.10. The normalized spacial score (nSPS) is 12.1. The second kappa shape index (κ2) is 6.14. The summed E-state index contributed by atoms with van der Waals surface area (Å²) in [7, 11) is 0. The molecule has 2 nitrogen and oxygen atoms in total. The molecule has 3 heteroatoms. The molecule has 1 unspecified atom stereocenters. The molecule has 0 bridgehead atoms. The largest absolute Gasteiger partial charge is 0.477 e. The van der Waals surface area contributed by atoms with E-state index in [1.165, 1.54) is 6.08 Å². The lowest BCUT2D eigenvalue weighted by Crippen LogP contribution is -2.08. The highest BCUT2D eigenvalue weighted by Crippen LogP contribution is 2.25. The van der Waals surface area contributed by atoms with Gasteiger partial charge in [-0.1, -0.05) is 27.9 Å². The van der Waals surface area contributed by atoms with Crippen molar-refractivity contribution in [1.29, 1.82) is 0 Å². The smallest absolute Gasteiger partial charge is 0.156 e. The molecule has 1 aromatic carbocycles. The minimum absolute atomic E-state index is 0.308. The van der Waals surface area contributed by atoms with Gasteiger partial charge in [0.05, 0.1) is 0 Å². The average Bonchev–Trinajstić information content (AvgIpc) is 2.28. The monoisotopic (exact) mass is 278 g/mol. The van der Waals surface area contributed by atoms with E-state index in [2.05, 4.69) is 21.9 Å². The molecule has 0 saturated carbocycles. The van der Waals surface area contributed by atoms with Gasteiger partial charge in [0, 0.05) is 10.0 Å². The fraction of sp³-hybridized carbons (Fsp3) is 0.154. The lowest BCUT2D eigenvalue weighted by molar-refractivity contribution is -0.104. The highest BCUT2D eigenvalue weighted by atomic mass is 79.9. The van der Waals surface area contributed by atoms with Crippen LogP contribution in [0.15, 0.2) is 28.7 Å². The van der Waals surface area contributed by atoms with Crippen LogP contribution in [-0.2, 0) is 4.79 Å². The number of allylic oxidation sites excluding steroid dienone is 1. The standard InChI is InChI=1S/C13H11BrO2/c1-3-10(2)16-13-9-12(14)7-6-11(13)5-4-8-15/h1,4-10H,2H3. The number of ether oxygens (including phenoxy) is 1. The zero-order chi connectivity index (χ0) is 12.0. The molecule has 0 fully saturated rings. The van der Waals surface area contributed by atoms with Crippen molar-refractivity contribution < 1.29 is 9.53 Å². The molecule has 1 rings (SSSR count). The number of terminal acetylenes is 1. The molecule has 82 valence electrons. The third-order valence-corrected chi connectivity index (χ3v) is 2.36. The Kier molecular flexibility index (Phi) is 4.81. The zero-order valence-electron chi connectivity index (χ0n) is 8.81. The summed E-state index contributed by atoms with van der Waals surface area (Å²) in [5.74, 6) is 3.14. The van der Waals surface area contributed by atoms with Crippen molar-refractivity contribution in [1.82, 2.24) is 0 Å². The molecule has 0 radical (unpaired) electrons. The molecule has 0 aliphatic heterocycles. The Morgan fingerprint density at radius 2 is 2.31 bits per heavy atom. The fourth-order valence-electron chi connectivity index (χ4n) is 1.12. The summed E-state index contributed by atoms with van der Waals surface area (Å²) in [6.07, 6.45) is 8.75. The minimum atomic E-state index is -0.308. The topological polar surface area (TPSA) is 26.3 Å². The molecule has 0 aliphatic rings. The Morgan fingerprint density at radius 3 is 2.94 bits per heavy atom. The van der Waals surface area contributed by atoms with Crippen LogP contribution >= 0.6 is 15.9 Å². The van der Waals surface area contributed by atoms with Gasteiger partial charge in [0.2, 0.25) is 0 Å². The van der Waals surface area contributed by atoms with E-state index in [9.17, 15) is 4.79 Å². The Balaban J connectivity index is 3.03. The van der Waals surface area contributed by atoms with Crippen molar-refractivity contribution >= 4 is 28.3 Å². The van der Waals surface area contributed by atoms with Crippen molar-refractivity contribution in [3.05, 3.63) is 34.3 Å². The van der Waals surface area contributed by atoms with E-state index in [1.54, 1.807) is 13.0 Å². The molecule has 0 amide bonds. The molecule has 0 heterocycles. The molecule has 16 heavy (non-hydrogen) atoms. The molecule has 0 saturated heterocycles. The first-order valence-electron chi connectivity index (χ1n) is 4.71. The summed E-state index contributed by atoms with van der Waals surface area (Å²) in [6.45, 7) is 1.79. The second-order valence-corrected chi connectivity index (χ2v) is 4.02. The zero-order valence-corrected chi connectivity index (χ0v) is 10.4. The minimum Gasteiger partial charge on any atom is -0.477 e. The predicted octanol–water partition coefficient (Wildman–Crippen LogP) is 3.06. The van der Waals surface area contributed by atoms with Crippen molar-refractivity contribution in [3.63, 3.8) is 0 Å². The van der Waals surface area contributed by atoms with E-state index in [0.29, 0.717) is 5.75 Å². The average molecular weight is 279 g/mol. The van der Waals surface area contributed by atoms with E-state index in [0.717, 1.165) is 16.3 Å². The fourth-order valence-corrected chi connectivity index (χ4v) is 1.46. The van der Waals surface area contributed by atoms with E-state index in [1.807, 2.05) is 18.2 Å². The van der Waals surface area contributed by atoms with Crippen LogP contribution in [0.2, 0.25) is 0 Å². The van der Waals surface area contributed by atoms with Crippen molar-refractivity contribution in [3.8, 4) is 18.1 Å². The number of rotatable bonds is 4. The van der Waals surface area contributed by atoms with Crippen molar-refractivity contribution in [2.75, 3.05) is 0 Å². The van der Waals surface area contributed by atoms with Gasteiger partial charge in [-0.25, -0.2) is 0 Å². The summed E-state index contributed by atoms with van der Waals surface area (Å²) in [5.41, 5.74) is 0.817. The Morgan fingerprint density at radius 1 is 1.56 bits per heavy atom. The third-order valence-electron chi connectivity index (χ3n) is 1.87. The van der Waals surface area contributed by atoms with Gasteiger partial charge in [0.25, 0.3) is 0 Å². The third kappa shape index (κ3) is 3.56. The number of halogens is 1. The lowest BCUT2D eigenvalue weighted by Gasteiger charge is -2.12. The van der Waals surface area contributed by atoms with E-state index in [-0.39, 0.29) is 6.10 Å². The molecular weight excluding hydrogens is 268 g/mol. The van der Waals surface area contributed by atoms with Crippen LogP contribution in [0.4, 0.5) is 0 Å². The van der Waals surface area contributed by atoms with Crippen molar-refractivity contribution in [2.24, 2.45) is 0 Å². The number of carbonyl (C=O) groups excluding carboxylic acids is 1. The predicted molar refractivity (Wildman–Crippen MR) is 68.2 cm³/mol. The van der Waals surface area contributed by atoms with Crippen LogP contribution < -0.4 is 4.74 Å². The summed E-state index contributed by atoms with van der Waals surface area (Å²) >= 11 is 3.35. The van der Waals surface area contributed by atoms with Gasteiger partial charge in [-0.05, 0) is 31.2 Å². The van der Waals surface area contributed by atoms with Gasteiger partial charge in [0.15, 0.2) is 6.10 Å². The van der Waals surface area contributed by atoms with Crippen LogP contribution in [0.5, 0.6) is 5.75 Å². The van der Waals surface area contributed by atoms with Gasteiger partial charge in [-0.3, -0.25) is 4.79 Å². The first kappa shape index (κ1) is 12.5. The Hall–Kier alpha value is -1.53. The maximum atomic E-state index is 10.3. The van der Waals surface area contributed by atoms with Gasteiger partial charge in [0.1, 0.15) is 12.0 Å². The first-order chi connectivity index (χ1) is 7.67. The lowest BCUT2D eigenvalue weighted by atomic mass is 10.2. The number of carbonyl (C=O) groups is 1. The van der Waals surface area contributed by atoms with E-state index < -0.39 is 0 Å². The van der Waals surface area contributed by atoms with Gasteiger partial charge in [-0.2, -0.15) is 0 Å².